The Hall–Kier alpha value is -1.32. The molecule has 0 spiro atoms. The maximum Gasteiger partial charge on any atom is 0.314 e. The number of H-pyrrole nitrogens is 1. The topological polar surface area (TPSA) is 66.0 Å². The van der Waals surface area contributed by atoms with Crippen molar-refractivity contribution >= 4 is 5.97 Å². The molecule has 0 aromatic carbocycles. The minimum atomic E-state index is -0.818. The molecule has 1 heterocycles. The first kappa shape index (κ1) is 11.8. The fourth-order valence-electron chi connectivity index (χ4n) is 1.73. The van der Waals surface area contributed by atoms with Crippen LogP contribution in [0.2, 0.25) is 0 Å². The summed E-state index contributed by atoms with van der Waals surface area (Å²) in [5.74, 6) is -0.741. The molecule has 1 rings (SSSR count). The van der Waals surface area contributed by atoms with Gasteiger partial charge in [0.2, 0.25) is 0 Å². The zero-order valence-electron chi connectivity index (χ0n) is 9.66. The third kappa shape index (κ3) is 2.37. The van der Waals surface area contributed by atoms with Crippen LogP contribution in [0.4, 0.5) is 0 Å². The van der Waals surface area contributed by atoms with Crippen molar-refractivity contribution in [3.8, 4) is 0 Å². The molecule has 4 heteroatoms. The lowest BCUT2D eigenvalue weighted by molar-refractivity contribution is -0.140. The third-order valence-electron chi connectivity index (χ3n) is 2.57. The molecule has 0 saturated heterocycles. The Kier molecular flexibility index (Phi) is 3.50. The van der Waals surface area contributed by atoms with Crippen LogP contribution in [0.5, 0.6) is 0 Å². The van der Waals surface area contributed by atoms with E-state index in [9.17, 15) is 4.79 Å². The summed E-state index contributed by atoms with van der Waals surface area (Å²) in [6, 6.07) is 0. The van der Waals surface area contributed by atoms with Gasteiger partial charge in [-0.05, 0) is 19.3 Å². The molecular formula is C11H18N2O2. The summed E-state index contributed by atoms with van der Waals surface area (Å²) >= 11 is 0. The summed E-state index contributed by atoms with van der Waals surface area (Å²) in [7, 11) is 0. The predicted octanol–water partition coefficient (Wildman–Crippen LogP) is 2.10. The SMILES string of the molecule is CCc1nc(C(C(=O)O)C(C)C)[nH]c1C. The van der Waals surface area contributed by atoms with E-state index in [0.717, 1.165) is 17.8 Å². The van der Waals surface area contributed by atoms with Crippen LogP contribution in [0.25, 0.3) is 0 Å². The van der Waals surface area contributed by atoms with E-state index in [1.807, 2.05) is 27.7 Å². The lowest BCUT2D eigenvalue weighted by Crippen LogP contribution is -2.18. The summed E-state index contributed by atoms with van der Waals surface area (Å²) < 4.78 is 0. The number of aromatic nitrogens is 2. The van der Waals surface area contributed by atoms with Crippen LogP contribution in [0, 0.1) is 12.8 Å². The molecule has 2 N–H and O–H groups in total. The number of hydrogen-bond acceptors (Lipinski definition) is 2. The van der Waals surface area contributed by atoms with Gasteiger partial charge >= 0.3 is 5.97 Å². The molecule has 1 aromatic rings. The minimum absolute atomic E-state index is 0.0396. The second-order valence-corrected chi connectivity index (χ2v) is 4.11. The van der Waals surface area contributed by atoms with Crippen LogP contribution in [-0.2, 0) is 11.2 Å². The zero-order valence-corrected chi connectivity index (χ0v) is 9.66. The van der Waals surface area contributed by atoms with Gasteiger partial charge in [0, 0.05) is 5.69 Å². The Morgan fingerprint density at radius 2 is 2.13 bits per heavy atom. The molecule has 1 atom stereocenters. The summed E-state index contributed by atoms with van der Waals surface area (Å²) in [6.45, 7) is 7.72. The number of aryl methyl sites for hydroxylation is 2. The van der Waals surface area contributed by atoms with Crippen molar-refractivity contribution in [2.24, 2.45) is 5.92 Å². The first-order valence-electron chi connectivity index (χ1n) is 5.25. The van der Waals surface area contributed by atoms with Gasteiger partial charge in [0.1, 0.15) is 11.7 Å². The van der Waals surface area contributed by atoms with E-state index >= 15 is 0 Å². The molecular weight excluding hydrogens is 192 g/mol. The van der Waals surface area contributed by atoms with Crippen molar-refractivity contribution in [2.75, 3.05) is 0 Å². The number of aromatic amines is 1. The number of carboxylic acid groups (broad SMARTS) is 1. The van der Waals surface area contributed by atoms with Crippen LogP contribution < -0.4 is 0 Å². The number of nitrogens with zero attached hydrogens (tertiary/aromatic N) is 1. The van der Waals surface area contributed by atoms with Crippen molar-refractivity contribution in [1.29, 1.82) is 0 Å². The van der Waals surface area contributed by atoms with Crippen LogP contribution in [0.1, 0.15) is 43.9 Å². The second kappa shape index (κ2) is 4.47. The highest BCUT2D eigenvalue weighted by Crippen LogP contribution is 2.23. The first-order valence-corrected chi connectivity index (χ1v) is 5.25. The lowest BCUT2D eigenvalue weighted by atomic mass is 9.95. The van der Waals surface area contributed by atoms with Gasteiger partial charge in [-0.3, -0.25) is 4.79 Å². The number of nitrogens with one attached hydrogen (secondary N) is 1. The van der Waals surface area contributed by atoms with Crippen molar-refractivity contribution in [1.82, 2.24) is 9.97 Å². The average Bonchev–Trinajstić information content (AvgIpc) is 2.45. The first-order chi connectivity index (χ1) is 6.97. The standard InChI is InChI=1S/C11H18N2O2/c1-5-8-7(4)12-10(13-8)9(6(2)3)11(14)15/h6,9H,5H2,1-4H3,(H,12,13)(H,14,15). The fourth-order valence-corrected chi connectivity index (χ4v) is 1.73. The Labute approximate surface area is 89.7 Å². The molecule has 0 aliphatic carbocycles. The number of hydrogen-bond donors (Lipinski definition) is 2. The van der Waals surface area contributed by atoms with Gasteiger partial charge in [0.05, 0.1) is 5.69 Å². The van der Waals surface area contributed by atoms with Crippen LogP contribution in [-0.4, -0.2) is 21.0 Å². The van der Waals surface area contributed by atoms with E-state index in [1.165, 1.54) is 0 Å². The Morgan fingerprint density at radius 1 is 1.53 bits per heavy atom. The van der Waals surface area contributed by atoms with Crippen molar-refractivity contribution in [3.63, 3.8) is 0 Å². The van der Waals surface area contributed by atoms with E-state index in [2.05, 4.69) is 9.97 Å². The molecule has 15 heavy (non-hydrogen) atoms. The van der Waals surface area contributed by atoms with Gasteiger partial charge < -0.3 is 10.1 Å². The molecule has 4 nitrogen and oxygen atoms in total. The van der Waals surface area contributed by atoms with Gasteiger partial charge in [0.25, 0.3) is 0 Å². The van der Waals surface area contributed by atoms with Gasteiger partial charge in [0.15, 0.2) is 0 Å². The van der Waals surface area contributed by atoms with Crippen LogP contribution in [0.3, 0.4) is 0 Å². The van der Waals surface area contributed by atoms with Crippen LogP contribution in [0.15, 0.2) is 0 Å². The molecule has 1 unspecified atom stereocenters. The van der Waals surface area contributed by atoms with Gasteiger partial charge in [-0.25, -0.2) is 4.98 Å². The van der Waals surface area contributed by atoms with E-state index in [1.54, 1.807) is 0 Å². The smallest absolute Gasteiger partial charge is 0.314 e. The van der Waals surface area contributed by atoms with Gasteiger partial charge in [-0.2, -0.15) is 0 Å². The fraction of sp³-hybridized carbons (Fsp3) is 0.636. The molecule has 0 fully saturated rings. The predicted molar refractivity (Wildman–Crippen MR) is 57.9 cm³/mol. The zero-order chi connectivity index (χ0) is 11.6. The van der Waals surface area contributed by atoms with Gasteiger partial charge in [-0.1, -0.05) is 20.8 Å². The average molecular weight is 210 g/mol. The third-order valence-corrected chi connectivity index (χ3v) is 2.57. The van der Waals surface area contributed by atoms with E-state index in [4.69, 9.17) is 5.11 Å². The number of carboxylic acids is 1. The summed E-state index contributed by atoms with van der Waals surface area (Å²) in [6.07, 6.45) is 0.826. The second-order valence-electron chi connectivity index (χ2n) is 4.11. The minimum Gasteiger partial charge on any atom is -0.481 e. The van der Waals surface area contributed by atoms with Crippen LogP contribution >= 0.6 is 0 Å². The summed E-state index contributed by atoms with van der Waals surface area (Å²) in [5, 5.41) is 9.11. The largest absolute Gasteiger partial charge is 0.481 e. The molecule has 0 amide bonds. The Balaban J connectivity index is 3.07. The molecule has 0 radical (unpaired) electrons. The molecule has 0 aliphatic heterocycles. The highest BCUT2D eigenvalue weighted by Gasteiger charge is 2.27. The monoisotopic (exact) mass is 210 g/mol. The quantitative estimate of drug-likeness (QED) is 0.799. The Morgan fingerprint density at radius 3 is 2.47 bits per heavy atom. The highest BCUT2D eigenvalue weighted by atomic mass is 16.4. The number of imidazole rings is 1. The highest BCUT2D eigenvalue weighted by molar-refractivity contribution is 5.75. The molecule has 84 valence electrons. The van der Waals surface area contributed by atoms with Crippen molar-refractivity contribution in [2.45, 2.75) is 40.0 Å². The number of carbonyl (C=O) groups is 1. The normalized spacial score (nSPS) is 13.1. The van der Waals surface area contributed by atoms with Crippen molar-refractivity contribution < 1.29 is 9.90 Å². The maximum absolute atomic E-state index is 11.1. The summed E-state index contributed by atoms with van der Waals surface area (Å²) in [5.41, 5.74) is 1.93. The number of rotatable bonds is 4. The molecule has 0 bridgehead atoms. The van der Waals surface area contributed by atoms with Crippen molar-refractivity contribution in [3.05, 3.63) is 17.2 Å². The summed E-state index contributed by atoms with van der Waals surface area (Å²) in [4.78, 5) is 18.5. The van der Waals surface area contributed by atoms with E-state index < -0.39 is 11.9 Å². The maximum atomic E-state index is 11.1. The molecule has 0 aliphatic rings. The molecule has 0 saturated carbocycles. The van der Waals surface area contributed by atoms with E-state index in [-0.39, 0.29) is 5.92 Å². The lowest BCUT2D eigenvalue weighted by Gasteiger charge is -2.12. The Bertz CT molecular complexity index is 355. The van der Waals surface area contributed by atoms with Gasteiger partial charge in [-0.15, -0.1) is 0 Å². The number of aliphatic carboxylic acids is 1. The molecule has 1 aromatic heterocycles. The van der Waals surface area contributed by atoms with E-state index in [0.29, 0.717) is 5.82 Å².